The molecular weight excluding hydrogens is 566 g/mol. The van der Waals surface area contributed by atoms with Crippen LogP contribution in [0, 0.1) is 0 Å². The number of hydrogen-bond acceptors (Lipinski definition) is 12. The van der Waals surface area contributed by atoms with E-state index in [9.17, 15) is 23.4 Å². The molecule has 4 rings (SSSR count). The molecule has 14 nitrogen and oxygen atoms in total. The molecule has 4 atom stereocenters. The van der Waals surface area contributed by atoms with Crippen molar-refractivity contribution in [1.82, 2.24) is 24.2 Å². The molecule has 1 amide bonds. The topological polar surface area (TPSA) is 204 Å². The number of carbonyl (C=O) groups is 1. The standard InChI is InChI=1S/C27H39N7O7S/c28-25-22-26(31-17-30-25)34(18-32-22)27-24(37)23(36)20(41-27)16-40-42(38,39)33-21(35)14-10-5-3-1-2-4-6-11-15-29-19-12-8-7-9-13-19/h7-9,12-13,17-18,20,23-24,27,29,36-37H,1-6,10-11,14-16H2,(H,33,35)(H2,28,30,31)/t20-,23-,24-,27-/m1/s1. The number of hydrogen-bond donors (Lipinski definition) is 5. The molecule has 0 unspecified atom stereocenters. The Morgan fingerprint density at radius 3 is 2.40 bits per heavy atom. The smallest absolute Gasteiger partial charge is 0.362 e. The number of aliphatic hydroxyl groups is 2. The third-order valence-corrected chi connectivity index (χ3v) is 7.98. The molecule has 1 aliphatic heterocycles. The maximum atomic E-state index is 12.3. The lowest BCUT2D eigenvalue weighted by Gasteiger charge is -2.16. The summed E-state index contributed by atoms with van der Waals surface area (Å²) in [5.41, 5.74) is 7.48. The van der Waals surface area contributed by atoms with Crippen LogP contribution >= 0.6 is 0 Å². The highest BCUT2D eigenvalue weighted by Crippen LogP contribution is 2.32. The molecule has 6 N–H and O–H groups in total. The number of amides is 1. The van der Waals surface area contributed by atoms with Gasteiger partial charge in [0.25, 0.3) is 0 Å². The van der Waals surface area contributed by atoms with Gasteiger partial charge in [0.2, 0.25) is 5.91 Å². The van der Waals surface area contributed by atoms with Crippen molar-refractivity contribution in [2.45, 2.75) is 82.3 Å². The number of benzene rings is 1. The van der Waals surface area contributed by atoms with Crippen molar-refractivity contribution in [2.75, 3.05) is 24.2 Å². The van der Waals surface area contributed by atoms with E-state index >= 15 is 0 Å². The van der Waals surface area contributed by atoms with E-state index in [4.69, 9.17) is 14.7 Å². The fraction of sp³-hybridized carbons (Fsp3) is 0.556. The van der Waals surface area contributed by atoms with Crippen molar-refractivity contribution in [1.29, 1.82) is 0 Å². The molecule has 0 radical (unpaired) electrons. The lowest BCUT2D eigenvalue weighted by Crippen LogP contribution is -2.37. The number of anilines is 2. The number of unbranched alkanes of at least 4 members (excludes halogenated alkanes) is 7. The monoisotopic (exact) mass is 605 g/mol. The average Bonchev–Trinajstić information content (AvgIpc) is 3.52. The predicted molar refractivity (Wildman–Crippen MR) is 155 cm³/mol. The summed E-state index contributed by atoms with van der Waals surface area (Å²) in [6, 6.07) is 10.1. The van der Waals surface area contributed by atoms with Crippen LogP contribution in [-0.2, 0) is 24.0 Å². The van der Waals surface area contributed by atoms with Crippen LogP contribution in [0.3, 0.4) is 0 Å². The van der Waals surface area contributed by atoms with Crippen LogP contribution in [0.25, 0.3) is 11.2 Å². The van der Waals surface area contributed by atoms with Gasteiger partial charge in [0.1, 0.15) is 30.2 Å². The predicted octanol–water partition coefficient (Wildman–Crippen LogP) is 2.03. The number of nitrogens with zero attached hydrogens (tertiary/aromatic N) is 4. The van der Waals surface area contributed by atoms with E-state index in [2.05, 4.69) is 32.4 Å². The van der Waals surface area contributed by atoms with Crippen LogP contribution in [0.2, 0.25) is 0 Å². The van der Waals surface area contributed by atoms with E-state index in [1.807, 2.05) is 22.9 Å². The highest BCUT2D eigenvalue weighted by atomic mass is 32.2. The minimum atomic E-state index is -4.43. The molecule has 230 valence electrons. The zero-order valence-electron chi connectivity index (χ0n) is 23.3. The minimum Gasteiger partial charge on any atom is -0.387 e. The van der Waals surface area contributed by atoms with E-state index in [1.165, 1.54) is 17.2 Å². The Morgan fingerprint density at radius 2 is 1.67 bits per heavy atom. The first-order chi connectivity index (χ1) is 20.2. The summed E-state index contributed by atoms with van der Waals surface area (Å²) in [6.45, 7) is 0.334. The number of imidazole rings is 1. The van der Waals surface area contributed by atoms with Gasteiger partial charge in [-0.05, 0) is 25.0 Å². The highest BCUT2D eigenvalue weighted by Gasteiger charge is 2.45. The van der Waals surface area contributed by atoms with E-state index in [-0.39, 0.29) is 23.4 Å². The van der Waals surface area contributed by atoms with Crippen molar-refractivity contribution >= 4 is 38.9 Å². The summed E-state index contributed by atoms with van der Waals surface area (Å²) in [5, 5.41) is 24.3. The number of rotatable bonds is 17. The summed E-state index contributed by atoms with van der Waals surface area (Å²) < 4.78 is 38.3. The van der Waals surface area contributed by atoms with Gasteiger partial charge in [0, 0.05) is 18.7 Å². The van der Waals surface area contributed by atoms with Crippen molar-refractivity contribution in [2.24, 2.45) is 0 Å². The molecule has 0 spiro atoms. The van der Waals surface area contributed by atoms with Crippen LogP contribution < -0.4 is 15.8 Å². The normalized spacial score (nSPS) is 20.6. The van der Waals surface area contributed by atoms with Crippen LogP contribution in [0.15, 0.2) is 43.0 Å². The Bertz CT molecular complexity index is 1390. The van der Waals surface area contributed by atoms with Crippen molar-refractivity contribution in [3.8, 4) is 0 Å². The number of nitrogens with one attached hydrogen (secondary N) is 2. The largest absolute Gasteiger partial charge is 0.387 e. The maximum Gasteiger partial charge on any atom is 0.362 e. The van der Waals surface area contributed by atoms with E-state index in [0.717, 1.165) is 57.2 Å². The number of nitrogen functional groups attached to an aromatic ring is 1. The molecule has 1 aromatic carbocycles. The Balaban J connectivity index is 1.07. The SMILES string of the molecule is Nc1ncnc2c1ncn2[C@@H]1O[C@H](COS(=O)(=O)NC(=O)CCCCCCCCCCNc2ccccc2)[C@@H](O)[C@H]1O. The molecule has 2 aromatic heterocycles. The second-order valence-corrected chi connectivity index (χ2v) is 11.6. The molecule has 1 saturated heterocycles. The lowest BCUT2D eigenvalue weighted by molar-refractivity contribution is -0.119. The molecule has 0 saturated carbocycles. The molecular formula is C27H39N7O7S. The number of aliphatic hydroxyl groups excluding tert-OH is 2. The molecule has 3 aromatic rings. The second kappa shape index (κ2) is 15.2. The number of nitrogens with two attached hydrogens (primary N) is 1. The summed E-state index contributed by atoms with van der Waals surface area (Å²) in [7, 11) is -4.43. The Kier molecular flexibility index (Phi) is 11.4. The Labute approximate surface area is 244 Å². The summed E-state index contributed by atoms with van der Waals surface area (Å²) in [5.74, 6) is -0.541. The third-order valence-electron chi connectivity index (χ3n) is 7.06. The fourth-order valence-corrected chi connectivity index (χ4v) is 5.54. The second-order valence-electron chi connectivity index (χ2n) is 10.3. The van der Waals surface area contributed by atoms with Crippen LogP contribution in [0.4, 0.5) is 11.5 Å². The minimum absolute atomic E-state index is 0.0514. The van der Waals surface area contributed by atoms with Gasteiger partial charge in [-0.15, -0.1) is 0 Å². The first kappa shape index (κ1) is 31.6. The number of fused-ring (bicyclic) bond motifs is 1. The first-order valence-corrected chi connectivity index (χ1v) is 15.6. The lowest BCUT2D eigenvalue weighted by atomic mass is 10.1. The summed E-state index contributed by atoms with van der Waals surface area (Å²) >= 11 is 0. The summed E-state index contributed by atoms with van der Waals surface area (Å²) in [4.78, 5) is 24.2. The number of aromatic nitrogens is 4. The van der Waals surface area contributed by atoms with Gasteiger partial charge in [0.05, 0.1) is 12.9 Å². The van der Waals surface area contributed by atoms with Gasteiger partial charge >= 0.3 is 10.3 Å². The molecule has 42 heavy (non-hydrogen) atoms. The Morgan fingerprint density at radius 1 is 0.976 bits per heavy atom. The number of ether oxygens (including phenoxy) is 1. The quantitative estimate of drug-likeness (QED) is 0.140. The maximum absolute atomic E-state index is 12.3. The van der Waals surface area contributed by atoms with E-state index < -0.39 is 47.4 Å². The van der Waals surface area contributed by atoms with Crippen molar-refractivity contribution in [3.05, 3.63) is 43.0 Å². The highest BCUT2D eigenvalue weighted by molar-refractivity contribution is 7.85. The van der Waals surface area contributed by atoms with Crippen LogP contribution in [-0.4, -0.2) is 75.5 Å². The van der Waals surface area contributed by atoms with E-state index in [0.29, 0.717) is 6.42 Å². The average molecular weight is 606 g/mol. The number of para-hydroxylation sites is 1. The third kappa shape index (κ3) is 8.82. The van der Waals surface area contributed by atoms with E-state index in [1.54, 1.807) is 0 Å². The molecule has 0 aliphatic carbocycles. The van der Waals surface area contributed by atoms with Gasteiger partial charge in [-0.3, -0.25) is 13.5 Å². The Hall–Kier alpha value is -3.37. The van der Waals surface area contributed by atoms with Gasteiger partial charge in [-0.25, -0.2) is 19.7 Å². The number of carbonyl (C=O) groups excluding carboxylic acids is 1. The first-order valence-electron chi connectivity index (χ1n) is 14.2. The molecule has 3 heterocycles. The zero-order chi connectivity index (χ0) is 30.0. The van der Waals surface area contributed by atoms with Gasteiger partial charge in [0.15, 0.2) is 17.7 Å². The zero-order valence-corrected chi connectivity index (χ0v) is 24.2. The van der Waals surface area contributed by atoms with Gasteiger partial charge < -0.3 is 26.0 Å². The van der Waals surface area contributed by atoms with Crippen molar-refractivity contribution < 1.29 is 32.3 Å². The van der Waals surface area contributed by atoms with Crippen LogP contribution in [0.1, 0.15) is 64.0 Å². The van der Waals surface area contributed by atoms with Crippen LogP contribution in [0.5, 0.6) is 0 Å². The summed E-state index contributed by atoms with van der Waals surface area (Å²) in [6.07, 6.45) is 5.37. The molecule has 1 fully saturated rings. The fourth-order valence-electron chi connectivity index (χ4n) is 4.79. The molecule has 0 bridgehead atoms. The van der Waals surface area contributed by atoms with Gasteiger partial charge in [-0.1, -0.05) is 56.7 Å². The molecule has 15 heteroatoms. The molecule has 1 aliphatic rings. The van der Waals surface area contributed by atoms with Crippen molar-refractivity contribution in [3.63, 3.8) is 0 Å². The van der Waals surface area contributed by atoms with Gasteiger partial charge in [-0.2, -0.15) is 8.42 Å².